The molecule has 2 atom stereocenters. The van der Waals surface area contributed by atoms with Gasteiger partial charge in [0.25, 0.3) is 0 Å². The molecule has 0 radical (unpaired) electrons. The van der Waals surface area contributed by atoms with Crippen LogP contribution in [0.1, 0.15) is 36.3 Å². The van der Waals surface area contributed by atoms with Crippen LogP contribution in [0.5, 0.6) is 0 Å². The molecule has 1 aliphatic carbocycles. The highest BCUT2D eigenvalue weighted by Gasteiger charge is 2.31. The van der Waals surface area contributed by atoms with Gasteiger partial charge in [-0.25, -0.2) is 0 Å². The number of alkyl halides is 3. The zero-order valence-corrected chi connectivity index (χ0v) is 9.72. The van der Waals surface area contributed by atoms with Gasteiger partial charge in [-0.3, -0.25) is 0 Å². The Labute approximate surface area is 99.0 Å². The molecule has 1 N–H and O–H groups in total. The maximum absolute atomic E-state index is 12.4. The van der Waals surface area contributed by atoms with E-state index in [0.717, 1.165) is 24.8 Å². The van der Waals surface area contributed by atoms with E-state index in [1.165, 1.54) is 12.1 Å². The first kappa shape index (κ1) is 12.4. The van der Waals surface area contributed by atoms with Crippen LogP contribution in [0.4, 0.5) is 13.2 Å². The van der Waals surface area contributed by atoms with Crippen LogP contribution >= 0.6 is 0 Å². The molecule has 17 heavy (non-hydrogen) atoms. The Morgan fingerprint density at radius 3 is 2.29 bits per heavy atom. The summed E-state index contributed by atoms with van der Waals surface area (Å²) in [5.74, 6) is 0.349. The smallest absolute Gasteiger partial charge is 0.316 e. The van der Waals surface area contributed by atoms with Crippen molar-refractivity contribution in [2.24, 2.45) is 0 Å². The summed E-state index contributed by atoms with van der Waals surface area (Å²) in [6.45, 7) is 0. The number of hydrogen-bond donors (Lipinski definition) is 1. The van der Waals surface area contributed by atoms with E-state index in [1.807, 2.05) is 7.05 Å². The molecule has 1 aromatic rings. The van der Waals surface area contributed by atoms with Crippen LogP contribution in [0, 0.1) is 0 Å². The van der Waals surface area contributed by atoms with Crippen LogP contribution in [0.2, 0.25) is 0 Å². The molecule has 4 heteroatoms. The molecule has 0 aliphatic heterocycles. The lowest BCUT2D eigenvalue weighted by atomic mass is 9.93. The molecule has 0 aromatic heterocycles. The predicted molar refractivity (Wildman–Crippen MR) is 60.9 cm³/mol. The van der Waals surface area contributed by atoms with Crippen molar-refractivity contribution in [3.8, 4) is 0 Å². The molecule has 0 unspecified atom stereocenters. The first-order chi connectivity index (χ1) is 8.02. The molecule has 94 valence electrons. The van der Waals surface area contributed by atoms with Crippen LogP contribution in [0.15, 0.2) is 24.3 Å². The van der Waals surface area contributed by atoms with E-state index in [0.29, 0.717) is 12.0 Å². The monoisotopic (exact) mass is 243 g/mol. The Balaban J connectivity index is 2.18. The van der Waals surface area contributed by atoms with Crippen LogP contribution in [0.25, 0.3) is 0 Å². The minimum Gasteiger partial charge on any atom is -0.316 e. The summed E-state index contributed by atoms with van der Waals surface area (Å²) in [4.78, 5) is 0. The highest BCUT2D eigenvalue weighted by Crippen LogP contribution is 2.36. The van der Waals surface area contributed by atoms with E-state index in [-0.39, 0.29) is 0 Å². The molecule has 0 bridgehead atoms. The van der Waals surface area contributed by atoms with Gasteiger partial charge in [-0.15, -0.1) is 0 Å². The largest absolute Gasteiger partial charge is 0.416 e. The summed E-state index contributed by atoms with van der Waals surface area (Å²) in [6.07, 6.45) is -0.952. The van der Waals surface area contributed by atoms with Crippen LogP contribution in [-0.4, -0.2) is 13.1 Å². The van der Waals surface area contributed by atoms with Gasteiger partial charge in [-0.1, -0.05) is 18.6 Å². The third-order valence-corrected chi connectivity index (χ3v) is 3.55. The number of likely N-dealkylation sites (N-methyl/N-ethyl adjacent to an activating group) is 1. The molecule has 1 aliphatic rings. The number of benzene rings is 1. The number of halogens is 3. The van der Waals surface area contributed by atoms with Gasteiger partial charge in [0.15, 0.2) is 0 Å². The molecule has 1 saturated carbocycles. The van der Waals surface area contributed by atoms with E-state index < -0.39 is 11.7 Å². The van der Waals surface area contributed by atoms with E-state index in [4.69, 9.17) is 0 Å². The highest BCUT2D eigenvalue weighted by atomic mass is 19.4. The van der Waals surface area contributed by atoms with Gasteiger partial charge in [-0.05, 0) is 43.5 Å². The summed E-state index contributed by atoms with van der Waals surface area (Å²) in [6, 6.07) is 5.99. The van der Waals surface area contributed by atoms with Crippen molar-refractivity contribution < 1.29 is 13.2 Å². The van der Waals surface area contributed by atoms with Crippen molar-refractivity contribution in [1.29, 1.82) is 0 Å². The van der Waals surface area contributed by atoms with Crippen molar-refractivity contribution >= 4 is 0 Å². The lowest BCUT2D eigenvalue weighted by Crippen LogP contribution is -2.27. The predicted octanol–water partition coefficient (Wildman–Crippen LogP) is 3.56. The van der Waals surface area contributed by atoms with E-state index >= 15 is 0 Å². The topological polar surface area (TPSA) is 12.0 Å². The highest BCUT2D eigenvalue weighted by molar-refractivity contribution is 5.28. The molecule has 0 heterocycles. The van der Waals surface area contributed by atoms with E-state index in [1.54, 1.807) is 12.1 Å². The quantitative estimate of drug-likeness (QED) is 0.837. The summed E-state index contributed by atoms with van der Waals surface area (Å²) >= 11 is 0. The van der Waals surface area contributed by atoms with Gasteiger partial charge in [0.2, 0.25) is 0 Å². The Hall–Kier alpha value is -1.03. The average Bonchev–Trinajstić information content (AvgIpc) is 2.76. The molecule has 0 spiro atoms. The fraction of sp³-hybridized carbons (Fsp3) is 0.538. The van der Waals surface area contributed by atoms with Crippen molar-refractivity contribution in [3.05, 3.63) is 35.4 Å². The SMILES string of the molecule is CN[C@@H]1CCC[C@@H]1c1ccc(C(F)(F)F)cc1. The first-order valence-corrected chi connectivity index (χ1v) is 5.87. The lowest BCUT2D eigenvalue weighted by Gasteiger charge is -2.19. The second-order valence-corrected chi connectivity index (χ2v) is 4.55. The summed E-state index contributed by atoms with van der Waals surface area (Å²) in [7, 11) is 1.91. The van der Waals surface area contributed by atoms with Crippen LogP contribution in [-0.2, 0) is 6.18 Å². The standard InChI is InChI=1S/C13H16F3N/c1-17-12-4-2-3-11(12)9-5-7-10(8-6-9)13(14,15)16/h5-8,11-12,17H,2-4H2,1H3/t11-,12-/m1/s1. The Morgan fingerprint density at radius 2 is 1.76 bits per heavy atom. The number of nitrogens with one attached hydrogen (secondary N) is 1. The van der Waals surface area contributed by atoms with Gasteiger partial charge in [0.1, 0.15) is 0 Å². The van der Waals surface area contributed by atoms with Gasteiger partial charge in [-0.2, -0.15) is 13.2 Å². The minimum atomic E-state index is -4.24. The Morgan fingerprint density at radius 1 is 1.12 bits per heavy atom. The molecule has 0 amide bonds. The zero-order valence-electron chi connectivity index (χ0n) is 9.72. The average molecular weight is 243 g/mol. The summed E-state index contributed by atoms with van der Waals surface area (Å²) in [5.41, 5.74) is 0.440. The van der Waals surface area contributed by atoms with Crippen molar-refractivity contribution in [3.63, 3.8) is 0 Å². The number of hydrogen-bond acceptors (Lipinski definition) is 1. The van der Waals surface area contributed by atoms with Crippen molar-refractivity contribution in [2.75, 3.05) is 7.05 Å². The maximum Gasteiger partial charge on any atom is 0.416 e. The van der Waals surface area contributed by atoms with E-state index in [9.17, 15) is 13.2 Å². The second kappa shape index (κ2) is 4.69. The normalized spacial score (nSPS) is 25.2. The summed E-state index contributed by atoms with van der Waals surface area (Å²) < 4.78 is 37.3. The molecule has 1 fully saturated rings. The minimum absolute atomic E-state index is 0.349. The maximum atomic E-state index is 12.4. The van der Waals surface area contributed by atoms with Crippen molar-refractivity contribution in [2.45, 2.75) is 37.4 Å². The molecule has 1 nitrogen and oxygen atoms in total. The second-order valence-electron chi connectivity index (χ2n) is 4.55. The molecule has 0 saturated heterocycles. The van der Waals surface area contributed by atoms with Gasteiger partial charge < -0.3 is 5.32 Å². The van der Waals surface area contributed by atoms with Gasteiger partial charge in [0, 0.05) is 6.04 Å². The lowest BCUT2D eigenvalue weighted by molar-refractivity contribution is -0.137. The van der Waals surface area contributed by atoms with Gasteiger partial charge >= 0.3 is 6.18 Å². The third-order valence-electron chi connectivity index (χ3n) is 3.55. The third kappa shape index (κ3) is 2.63. The fourth-order valence-corrected chi connectivity index (χ4v) is 2.62. The zero-order chi connectivity index (χ0) is 12.5. The van der Waals surface area contributed by atoms with Crippen LogP contribution < -0.4 is 5.32 Å². The molecule has 2 rings (SSSR count). The Bertz CT molecular complexity index is 369. The molecular weight excluding hydrogens is 227 g/mol. The first-order valence-electron chi connectivity index (χ1n) is 5.87. The molecular formula is C13H16F3N. The van der Waals surface area contributed by atoms with E-state index in [2.05, 4.69) is 5.32 Å². The summed E-state index contributed by atoms with van der Waals surface area (Å²) in [5, 5.41) is 3.24. The van der Waals surface area contributed by atoms with Crippen LogP contribution in [0.3, 0.4) is 0 Å². The Kier molecular flexibility index (Phi) is 3.43. The number of rotatable bonds is 2. The van der Waals surface area contributed by atoms with Crippen molar-refractivity contribution in [1.82, 2.24) is 5.32 Å². The van der Waals surface area contributed by atoms with Gasteiger partial charge in [0.05, 0.1) is 5.56 Å². The molecule has 1 aromatic carbocycles. The fourth-order valence-electron chi connectivity index (χ4n) is 2.62.